The number of nitrogens with one attached hydrogen (secondary N) is 1. The van der Waals surface area contributed by atoms with Gasteiger partial charge >= 0.3 is 0 Å². The van der Waals surface area contributed by atoms with Gasteiger partial charge in [-0.1, -0.05) is 30.3 Å². The first-order valence-corrected chi connectivity index (χ1v) is 10.3. The van der Waals surface area contributed by atoms with Crippen LogP contribution in [-0.2, 0) is 4.79 Å². The fourth-order valence-electron chi connectivity index (χ4n) is 3.76. The van der Waals surface area contributed by atoms with Crippen molar-refractivity contribution in [2.24, 2.45) is 5.92 Å². The van der Waals surface area contributed by atoms with Crippen molar-refractivity contribution in [3.05, 3.63) is 60.9 Å². The molecule has 0 aliphatic carbocycles. The Bertz CT molecular complexity index is 1000. The van der Waals surface area contributed by atoms with E-state index in [-0.39, 0.29) is 11.8 Å². The summed E-state index contributed by atoms with van der Waals surface area (Å²) in [5, 5.41) is 3.00. The van der Waals surface area contributed by atoms with Crippen LogP contribution in [0.15, 0.2) is 60.9 Å². The molecule has 7 nitrogen and oxygen atoms in total. The zero-order valence-electron chi connectivity index (χ0n) is 17.7. The van der Waals surface area contributed by atoms with Crippen LogP contribution in [0.4, 0.5) is 11.6 Å². The van der Waals surface area contributed by atoms with Gasteiger partial charge in [-0.05, 0) is 18.4 Å². The summed E-state index contributed by atoms with van der Waals surface area (Å²) in [6.45, 7) is 1.42. The Morgan fingerprint density at radius 2 is 1.68 bits per heavy atom. The second-order valence-electron chi connectivity index (χ2n) is 7.51. The zero-order valence-corrected chi connectivity index (χ0v) is 17.7. The van der Waals surface area contributed by atoms with Crippen LogP contribution in [-0.4, -0.2) is 43.2 Å². The molecule has 1 saturated heterocycles. The molecule has 7 heteroatoms. The van der Waals surface area contributed by atoms with Crippen LogP contribution in [0.2, 0.25) is 0 Å². The summed E-state index contributed by atoms with van der Waals surface area (Å²) in [6, 6.07) is 15.4. The van der Waals surface area contributed by atoms with Crippen LogP contribution in [0, 0.1) is 5.92 Å². The Balaban J connectivity index is 1.43. The maximum absolute atomic E-state index is 12.9. The van der Waals surface area contributed by atoms with Crippen LogP contribution in [0.25, 0.3) is 11.1 Å². The van der Waals surface area contributed by atoms with Crippen molar-refractivity contribution in [2.45, 2.75) is 12.8 Å². The lowest BCUT2D eigenvalue weighted by molar-refractivity contribution is -0.120. The molecule has 160 valence electrons. The maximum atomic E-state index is 12.9. The number of anilines is 2. The molecule has 2 heterocycles. The van der Waals surface area contributed by atoms with Crippen molar-refractivity contribution in [3.8, 4) is 22.6 Å². The van der Waals surface area contributed by atoms with Gasteiger partial charge in [0.15, 0.2) is 0 Å². The molecule has 1 amide bonds. The number of nitrogens with zero attached hydrogens (tertiary/aromatic N) is 3. The minimum atomic E-state index is -0.150. The quantitative estimate of drug-likeness (QED) is 0.652. The highest BCUT2D eigenvalue weighted by atomic mass is 16.5. The van der Waals surface area contributed by atoms with Crippen molar-refractivity contribution in [1.82, 2.24) is 9.97 Å². The molecule has 0 radical (unpaired) electrons. The minimum Gasteiger partial charge on any atom is -0.497 e. The first-order chi connectivity index (χ1) is 15.2. The molecule has 0 bridgehead atoms. The van der Waals surface area contributed by atoms with Gasteiger partial charge < -0.3 is 19.7 Å². The third-order valence-corrected chi connectivity index (χ3v) is 5.44. The molecule has 1 fully saturated rings. The van der Waals surface area contributed by atoms with Crippen molar-refractivity contribution in [2.75, 3.05) is 37.5 Å². The molecule has 31 heavy (non-hydrogen) atoms. The van der Waals surface area contributed by atoms with E-state index in [0.717, 1.165) is 30.5 Å². The highest BCUT2D eigenvalue weighted by Crippen LogP contribution is 2.28. The maximum Gasteiger partial charge on any atom is 0.229 e. The first-order valence-electron chi connectivity index (χ1n) is 10.3. The fraction of sp³-hybridized carbons (Fsp3) is 0.292. The second-order valence-corrected chi connectivity index (χ2v) is 7.51. The van der Waals surface area contributed by atoms with Crippen LogP contribution in [0.5, 0.6) is 11.5 Å². The summed E-state index contributed by atoms with van der Waals surface area (Å²) in [5.41, 5.74) is 2.71. The van der Waals surface area contributed by atoms with E-state index >= 15 is 0 Å². The van der Waals surface area contributed by atoms with E-state index in [0.29, 0.717) is 29.7 Å². The van der Waals surface area contributed by atoms with Crippen molar-refractivity contribution in [1.29, 1.82) is 0 Å². The number of methoxy groups -OCH3 is 2. The molecule has 1 atom stereocenters. The Morgan fingerprint density at radius 3 is 2.32 bits per heavy atom. The molecule has 2 aromatic carbocycles. The number of aromatic nitrogens is 2. The normalized spacial score (nSPS) is 15.9. The summed E-state index contributed by atoms with van der Waals surface area (Å²) >= 11 is 0. The van der Waals surface area contributed by atoms with Crippen molar-refractivity contribution >= 4 is 17.5 Å². The molecule has 0 spiro atoms. The third kappa shape index (κ3) is 4.94. The van der Waals surface area contributed by atoms with E-state index in [1.54, 1.807) is 32.4 Å². The first kappa shape index (κ1) is 20.7. The number of carbonyl (C=O) groups excluding carboxylic acids is 1. The lowest BCUT2D eigenvalue weighted by atomic mass is 9.97. The molecule has 1 unspecified atom stereocenters. The topological polar surface area (TPSA) is 76.6 Å². The van der Waals surface area contributed by atoms with Gasteiger partial charge in [-0.25, -0.2) is 9.97 Å². The van der Waals surface area contributed by atoms with Crippen LogP contribution < -0.4 is 19.7 Å². The number of ether oxygens (including phenoxy) is 2. The number of hydrogen-bond donors (Lipinski definition) is 1. The van der Waals surface area contributed by atoms with E-state index < -0.39 is 0 Å². The SMILES string of the molecule is COc1cc(NC(=O)C2CCCN(c3ncc(-c4ccccc4)cn3)C2)cc(OC)c1. The van der Waals surface area contributed by atoms with E-state index in [1.165, 1.54) is 0 Å². The Labute approximate surface area is 182 Å². The third-order valence-electron chi connectivity index (χ3n) is 5.44. The summed E-state index contributed by atoms with van der Waals surface area (Å²) in [6.07, 6.45) is 5.41. The van der Waals surface area contributed by atoms with E-state index in [2.05, 4.69) is 20.2 Å². The number of benzene rings is 2. The van der Waals surface area contributed by atoms with Crippen molar-refractivity contribution in [3.63, 3.8) is 0 Å². The van der Waals surface area contributed by atoms with Crippen LogP contribution >= 0.6 is 0 Å². The summed E-state index contributed by atoms with van der Waals surface area (Å²) < 4.78 is 10.6. The Kier molecular flexibility index (Phi) is 6.31. The largest absolute Gasteiger partial charge is 0.497 e. The lowest BCUT2D eigenvalue weighted by Crippen LogP contribution is -2.41. The van der Waals surface area contributed by atoms with E-state index in [4.69, 9.17) is 9.47 Å². The van der Waals surface area contributed by atoms with Gasteiger partial charge in [-0.3, -0.25) is 4.79 Å². The summed E-state index contributed by atoms with van der Waals surface area (Å²) in [5.74, 6) is 1.74. The standard InChI is InChI=1S/C24H26N4O3/c1-30-21-11-20(12-22(13-21)31-2)27-23(29)18-9-6-10-28(16-18)24-25-14-19(15-26-24)17-7-4-3-5-8-17/h3-5,7-8,11-15,18H,6,9-10,16H2,1-2H3,(H,27,29). The Morgan fingerprint density at radius 1 is 1.00 bits per heavy atom. The molecule has 1 aliphatic rings. The molecule has 1 aromatic heterocycles. The number of amides is 1. The fourth-order valence-corrected chi connectivity index (χ4v) is 3.76. The minimum absolute atomic E-state index is 0.0269. The summed E-state index contributed by atoms with van der Waals surface area (Å²) in [7, 11) is 3.17. The number of rotatable bonds is 6. The summed E-state index contributed by atoms with van der Waals surface area (Å²) in [4.78, 5) is 24.1. The predicted molar refractivity (Wildman–Crippen MR) is 121 cm³/mol. The zero-order chi connectivity index (χ0) is 21.6. The lowest BCUT2D eigenvalue weighted by Gasteiger charge is -2.32. The molecule has 4 rings (SSSR count). The second kappa shape index (κ2) is 9.47. The molecule has 1 aliphatic heterocycles. The number of hydrogen-bond acceptors (Lipinski definition) is 6. The molecule has 1 N–H and O–H groups in total. The van der Waals surface area contributed by atoms with Gasteiger partial charge in [0.1, 0.15) is 11.5 Å². The van der Waals surface area contributed by atoms with Gasteiger partial charge in [0, 0.05) is 54.9 Å². The predicted octanol–water partition coefficient (Wildman–Crippen LogP) is 4.02. The van der Waals surface area contributed by atoms with Gasteiger partial charge in [-0.2, -0.15) is 0 Å². The van der Waals surface area contributed by atoms with E-state index in [9.17, 15) is 4.79 Å². The highest BCUT2D eigenvalue weighted by molar-refractivity contribution is 5.93. The molecular weight excluding hydrogens is 392 g/mol. The van der Waals surface area contributed by atoms with Gasteiger partial charge in [0.25, 0.3) is 0 Å². The van der Waals surface area contributed by atoms with Crippen molar-refractivity contribution < 1.29 is 14.3 Å². The Hall–Kier alpha value is -3.61. The molecule has 0 saturated carbocycles. The van der Waals surface area contributed by atoms with Gasteiger partial charge in [0.2, 0.25) is 11.9 Å². The average Bonchev–Trinajstić information content (AvgIpc) is 2.84. The van der Waals surface area contributed by atoms with Gasteiger partial charge in [0.05, 0.1) is 20.1 Å². The molecular formula is C24H26N4O3. The molecule has 3 aromatic rings. The number of carbonyl (C=O) groups is 1. The van der Waals surface area contributed by atoms with Crippen LogP contribution in [0.3, 0.4) is 0 Å². The highest BCUT2D eigenvalue weighted by Gasteiger charge is 2.27. The monoisotopic (exact) mass is 418 g/mol. The smallest absolute Gasteiger partial charge is 0.229 e. The van der Waals surface area contributed by atoms with Gasteiger partial charge in [-0.15, -0.1) is 0 Å². The average molecular weight is 418 g/mol. The van der Waals surface area contributed by atoms with Crippen LogP contribution in [0.1, 0.15) is 12.8 Å². The number of piperidine rings is 1. The van der Waals surface area contributed by atoms with E-state index in [1.807, 2.05) is 42.7 Å².